The third-order valence-corrected chi connectivity index (χ3v) is 3.70. The van der Waals surface area contributed by atoms with E-state index in [1.165, 1.54) is 22.0 Å². The lowest BCUT2D eigenvalue weighted by molar-refractivity contribution is 0.747. The van der Waals surface area contributed by atoms with Crippen molar-refractivity contribution in [2.75, 3.05) is 0 Å². The van der Waals surface area contributed by atoms with Crippen molar-refractivity contribution >= 4 is 10.9 Å². The quantitative estimate of drug-likeness (QED) is 0.791. The number of benzene rings is 1. The van der Waals surface area contributed by atoms with Crippen molar-refractivity contribution < 1.29 is 0 Å². The molecule has 2 aromatic rings. The third-order valence-electron chi connectivity index (χ3n) is 3.70. The van der Waals surface area contributed by atoms with Gasteiger partial charge in [-0.15, -0.1) is 0 Å². The fourth-order valence-corrected chi connectivity index (χ4v) is 2.32. The third kappa shape index (κ3) is 1.37. The Labute approximate surface area is 95.8 Å². The molecule has 0 saturated heterocycles. The molecule has 0 spiro atoms. The molecule has 1 aliphatic rings. The molecule has 84 valence electrons. The first-order chi connectivity index (χ1) is 7.60. The Morgan fingerprint density at radius 3 is 2.69 bits per heavy atom. The second-order valence-corrected chi connectivity index (χ2v) is 5.32. The minimum atomic E-state index is -0.0441. The van der Waals surface area contributed by atoms with Crippen LogP contribution in [-0.2, 0) is 5.54 Å². The molecule has 0 amide bonds. The van der Waals surface area contributed by atoms with E-state index in [4.69, 9.17) is 5.73 Å². The highest BCUT2D eigenvalue weighted by Crippen LogP contribution is 2.45. The SMILES string of the molecule is CC(C)c1ccc2c(C3(N)CC3)c[nH]c2c1. The van der Waals surface area contributed by atoms with Crippen LogP contribution < -0.4 is 5.73 Å². The number of nitrogens with two attached hydrogens (primary N) is 1. The molecule has 1 heterocycles. The van der Waals surface area contributed by atoms with Crippen LogP contribution in [0.15, 0.2) is 24.4 Å². The lowest BCUT2D eigenvalue weighted by Gasteiger charge is -2.08. The summed E-state index contributed by atoms with van der Waals surface area (Å²) in [6.07, 6.45) is 4.32. The van der Waals surface area contributed by atoms with Crippen molar-refractivity contribution in [2.24, 2.45) is 5.73 Å². The van der Waals surface area contributed by atoms with Crippen LogP contribution in [0.5, 0.6) is 0 Å². The lowest BCUT2D eigenvalue weighted by Crippen LogP contribution is -2.17. The number of hydrogen-bond acceptors (Lipinski definition) is 1. The molecule has 1 aliphatic carbocycles. The number of fused-ring (bicyclic) bond motifs is 1. The standard InChI is InChI=1S/C14H18N2/c1-9(2)10-3-4-11-12(14(15)5-6-14)8-16-13(11)7-10/h3-4,7-9,16H,5-6,15H2,1-2H3. The van der Waals surface area contributed by atoms with E-state index in [2.05, 4.69) is 43.2 Å². The van der Waals surface area contributed by atoms with Gasteiger partial charge >= 0.3 is 0 Å². The Kier molecular flexibility index (Phi) is 1.93. The van der Waals surface area contributed by atoms with Crippen LogP contribution >= 0.6 is 0 Å². The van der Waals surface area contributed by atoms with E-state index < -0.39 is 0 Å². The lowest BCUT2D eigenvalue weighted by atomic mass is 9.99. The molecular weight excluding hydrogens is 196 g/mol. The molecular formula is C14H18N2. The van der Waals surface area contributed by atoms with E-state index in [9.17, 15) is 0 Å². The van der Waals surface area contributed by atoms with Gasteiger partial charge in [0.1, 0.15) is 0 Å². The maximum Gasteiger partial charge on any atom is 0.0460 e. The van der Waals surface area contributed by atoms with E-state index in [0.29, 0.717) is 5.92 Å². The summed E-state index contributed by atoms with van der Waals surface area (Å²) >= 11 is 0. The summed E-state index contributed by atoms with van der Waals surface area (Å²) < 4.78 is 0. The minimum Gasteiger partial charge on any atom is -0.361 e. The molecule has 0 bridgehead atoms. The fraction of sp³-hybridized carbons (Fsp3) is 0.429. The summed E-state index contributed by atoms with van der Waals surface area (Å²) in [5, 5.41) is 1.30. The van der Waals surface area contributed by atoms with E-state index in [1.54, 1.807) is 0 Å². The molecule has 16 heavy (non-hydrogen) atoms. The Morgan fingerprint density at radius 1 is 1.31 bits per heavy atom. The fourth-order valence-electron chi connectivity index (χ4n) is 2.32. The number of hydrogen-bond donors (Lipinski definition) is 2. The zero-order valence-electron chi connectivity index (χ0n) is 9.88. The normalized spacial score (nSPS) is 18.2. The van der Waals surface area contributed by atoms with Gasteiger partial charge in [0.25, 0.3) is 0 Å². The summed E-state index contributed by atoms with van der Waals surface area (Å²) in [4.78, 5) is 3.35. The maximum atomic E-state index is 6.26. The van der Waals surface area contributed by atoms with E-state index in [-0.39, 0.29) is 5.54 Å². The van der Waals surface area contributed by atoms with Gasteiger partial charge in [-0.25, -0.2) is 0 Å². The molecule has 2 nitrogen and oxygen atoms in total. The molecule has 0 aliphatic heterocycles. The number of nitrogens with one attached hydrogen (secondary N) is 1. The molecule has 3 rings (SSSR count). The average Bonchev–Trinajstić information content (AvgIpc) is 2.86. The highest BCUT2D eigenvalue weighted by molar-refractivity contribution is 5.85. The van der Waals surface area contributed by atoms with E-state index in [1.807, 2.05) is 0 Å². The summed E-state index contributed by atoms with van der Waals surface area (Å²) in [6.45, 7) is 4.44. The summed E-state index contributed by atoms with van der Waals surface area (Å²) in [6, 6.07) is 6.68. The number of aromatic nitrogens is 1. The van der Waals surface area contributed by atoms with Crippen LogP contribution in [0.1, 0.15) is 43.7 Å². The Bertz CT molecular complexity index is 533. The topological polar surface area (TPSA) is 41.8 Å². The summed E-state index contributed by atoms with van der Waals surface area (Å²) in [5.74, 6) is 0.573. The van der Waals surface area contributed by atoms with Crippen LogP contribution in [0.3, 0.4) is 0 Å². The largest absolute Gasteiger partial charge is 0.361 e. The number of aromatic amines is 1. The molecule has 0 radical (unpaired) electrons. The highest BCUT2D eigenvalue weighted by Gasteiger charge is 2.41. The zero-order valence-corrected chi connectivity index (χ0v) is 9.88. The van der Waals surface area contributed by atoms with Crippen molar-refractivity contribution in [3.05, 3.63) is 35.5 Å². The van der Waals surface area contributed by atoms with Gasteiger partial charge in [-0.05, 0) is 36.0 Å². The summed E-state index contributed by atoms with van der Waals surface area (Å²) in [5.41, 5.74) is 10.1. The van der Waals surface area contributed by atoms with Crippen LogP contribution in [-0.4, -0.2) is 4.98 Å². The molecule has 1 aromatic heterocycles. The molecule has 1 saturated carbocycles. The number of H-pyrrole nitrogens is 1. The molecule has 0 unspecified atom stereocenters. The van der Waals surface area contributed by atoms with Crippen LogP contribution in [0.2, 0.25) is 0 Å². The van der Waals surface area contributed by atoms with Crippen LogP contribution in [0.4, 0.5) is 0 Å². The zero-order chi connectivity index (χ0) is 11.3. The predicted molar refractivity (Wildman–Crippen MR) is 67.5 cm³/mol. The second-order valence-electron chi connectivity index (χ2n) is 5.32. The van der Waals surface area contributed by atoms with E-state index in [0.717, 1.165) is 12.8 Å². The summed E-state index contributed by atoms with van der Waals surface area (Å²) in [7, 11) is 0. The molecule has 1 aromatic carbocycles. The van der Waals surface area contributed by atoms with Crippen molar-refractivity contribution in [3.8, 4) is 0 Å². The van der Waals surface area contributed by atoms with Gasteiger partial charge in [-0.1, -0.05) is 26.0 Å². The van der Waals surface area contributed by atoms with Crippen molar-refractivity contribution in [1.82, 2.24) is 4.98 Å². The number of rotatable bonds is 2. The minimum absolute atomic E-state index is 0.0441. The van der Waals surface area contributed by atoms with Gasteiger partial charge in [0.15, 0.2) is 0 Å². The predicted octanol–water partition coefficient (Wildman–Crippen LogP) is 3.24. The first-order valence-corrected chi connectivity index (χ1v) is 6.00. The van der Waals surface area contributed by atoms with Crippen LogP contribution in [0.25, 0.3) is 10.9 Å². The Hall–Kier alpha value is -1.28. The van der Waals surface area contributed by atoms with Crippen molar-refractivity contribution in [3.63, 3.8) is 0 Å². The van der Waals surface area contributed by atoms with Crippen molar-refractivity contribution in [2.45, 2.75) is 38.1 Å². The average molecular weight is 214 g/mol. The molecule has 3 N–H and O–H groups in total. The molecule has 2 heteroatoms. The Morgan fingerprint density at radius 2 is 2.06 bits per heavy atom. The van der Waals surface area contributed by atoms with Gasteiger partial charge < -0.3 is 10.7 Å². The highest BCUT2D eigenvalue weighted by atomic mass is 14.8. The van der Waals surface area contributed by atoms with E-state index >= 15 is 0 Å². The molecule has 1 fully saturated rings. The Balaban J connectivity index is 2.15. The molecule has 0 atom stereocenters. The van der Waals surface area contributed by atoms with Gasteiger partial charge in [0, 0.05) is 22.6 Å². The first kappa shape index (κ1) is 9.91. The van der Waals surface area contributed by atoms with Gasteiger partial charge in [0.05, 0.1) is 0 Å². The monoisotopic (exact) mass is 214 g/mol. The smallest absolute Gasteiger partial charge is 0.0460 e. The van der Waals surface area contributed by atoms with Gasteiger partial charge in [-0.3, -0.25) is 0 Å². The van der Waals surface area contributed by atoms with Crippen LogP contribution in [0, 0.1) is 0 Å². The van der Waals surface area contributed by atoms with Gasteiger partial charge in [0.2, 0.25) is 0 Å². The maximum absolute atomic E-state index is 6.26. The second kappa shape index (κ2) is 3.11. The van der Waals surface area contributed by atoms with Gasteiger partial charge in [-0.2, -0.15) is 0 Å². The first-order valence-electron chi connectivity index (χ1n) is 6.00. The van der Waals surface area contributed by atoms with Crippen molar-refractivity contribution in [1.29, 1.82) is 0 Å².